The Labute approximate surface area is 254 Å². The number of aromatic nitrogens is 4. The highest BCUT2D eigenvalue weighted by Crippen LogP contribution is 2.40. The van der Waals surface area contributed by atoms with E-state index in [1.807, 2.05) is 71.3 Å². The summed E-state index contributed by atoms with van der Waals surface area (Å²) in [6.07, 6.45) is 10.3. The molecule has 216 valence electrons. The summed E-state index contributed by atoms with van der Waals surface area (Å²) in [7, 11) is 0. The van der Waals surface area contributed by atoms with Gasteiger partial charge in [-0.2, -0.15) is 0 Å². The molecule has 0 spiro atoms. The van der Waals surface area contributed by atoms with Crippen molar-refractivity contribution in [1.82, 2.24) is 24.7 Å². The van der Waals surface area contributed by atoms with Gasteiger partial charge in [0.05, 0.1) is 22.3 Å². The maximum Gasteiger partial charge on any atom is 0.259 e. The summed E-state index contributed by atoms with van der Waals surface area (Å²) in [5.74, 6) is 0.641. The lowest BCUT2D eigenvalue weighted by Crippen LogP contribution is -2.20. The van der Waals surface area contributed by atoms with Crippen molar-refractivity contribution in [3.8, 4) is 33.9 Å². The van der Waals surface area contributed by atoms with Crippen molar-refractivity contribution in [3.63, 3.8) is 0 Å². The van der Waals surface area contributed by atoms with E-state index in [1.165, 1.54) is 19.3 Å². The lowest BCUT2D eigenvalue weighted by atomic mass is 9.82. The number of nitrogen functional groups attached to an aromatic ring is 1. The number of nitrogens with zero attached hydrogens (tertiary/aromatic N) is 4. The summed E-state index contributed by atoms with van der Waals surface area (Å²) in [5.41, 5.74) is 13.9. The smallest absolute Gasteiger partial charge is 0.259 e. The number of pyridine rings is 1. The molecule has 2 aliphatic rings. The largest absolute Gasteiger partial charge is 0.382 e. The minimum atomic E-state index is -0.394. The molecule has 3 aromatic carbocycles. The SMILES string of the molecule is Nc1nccn2c(-c3c(CC4CCCCC4)ccc4c3C(=O)NC4=O)nc(-c3ccc4ccc(-c5ccccc5)nc4c3)c12. The number of imidazole rings is 1. The van der Waals surface area contributed by atoms with Crippen LogP contribution in [0.3, 0.4) is 0 Å². The molecule has 0 saturated heterocycles. The van der Waals surface area contributed by atoms with E-state index in [2.05, 4.69) is 16.4 Å². The van der Waals surface area contributed by atoms with Crippen LogP contribution in [0.1, 0.15) is 58.4 Å². The van der Waals surface area contributed by atoms with E-state index in [4.69, 9.17) is 15.7 Å². The van der Waals surface area contributed by atoms with E-state index in [0.29, 0.717) is 45.5 Å². The average molecular weight is 579 g/mol. The van der Waals surface area contributed by atoms with E-state index >= 15 is 0 Å². The zero-order valence-corrected chi connectivity index (χ0v) is 24.1. The minimum absolute atomic E-state index is 0.328. The second-order valence-electron chi connectivity index (χ2n) is 11.8. The molecule has 1 saturated carbocycles. The Morgan fingerprint density at radius 1 is 0.841 bits per heavy atom. The molecule has 0 radical (unpaired) electrons. The van der Waals surface area contributed by atoms with Crippen LogP contribution >= 0.6 is 0 Å². The fourth-order valence-corrected chi connectivity index (χ4v) is 6.91. The maximum absolute atomic E-state index is 13.3. The molecule has 3 aromatic heterocycles. The first-order valence-electron chi connectivity index (χ1n) is 15.2. The van der Waals surface area contributed by atoms with Crippen molar-refractivity contribution in [2.24, 2.45) is 5.92 Å². The van der Waals surface area contributed by atoms with E-state index in [1.54, 1.807) is 12.3 Å². The molecule has 2 amide bonds. The van der Waals surface area contributed by atoms with Gasteiger partial charge < -0.3 is 5.73 Å². The third kappa shape index (κ3) is 4.33. The number of rotatable bonds is 5. The molecule has 8 rings (SSSR count). The number of carbonyl (C=O) groups excluding carboxylic acids is 2. The molecule has 0 unspecified atom stereocenters. The number of nitrogens with one attached hydrogen (secondary N) is 1. The normalized spacial score (nSPS) is 15.2. The number of anilines is 1. The van der Waals surface area contributed by atoms with Crippen molar-refractivity contribution in [1.29, 1.82) is 0 Å². The predicted molar refractivity (Wildman–Crippen MR) is 171 cm³/mol. The fourth-order valence-electron chi connectivity index (χ4n) is 6.91. The Morgan fingerprint density at radius 3 is 2.50 bits per heavy atom. The summed E-state index contributed by atoms with van der Waals surface area (Å²) in [5, 5.41) is 3.51. The molecule has 1 aliphatic heterocycles. The maximum atomic E-state index is 13.3. The summed E-state index contributed by atoms with van der Waals surface area (Å²) in [6, 6.07) is 24.0. The molecule has 0 atom stereocenters. The summed E-state index contributed by atoms with van der Waals surface area (Å²) >= 11 is 0. The Bertz CT molecular complexity index is 2110. The molecule has 1 fully saturated rings. The highest BCUT2D eigenvalue weighted by atomic mass is 16.2. The van der Waals surface area contributed by atoms with Crippen LogP contribution in [0.2, 0.25) is 0 Å². The molecule has 1 aliphatic carbocycles. The van der Waals surface area contributed by atoms with Crippen LogP contribution in [0.15, 0.2) is 85.2 Å². The van der Waals surface area contributed by atoms with E-state index in [9.17, 15) is 9.59 Å². The average Bonchev–Trinajstić information content (AvgIpc) is 3.59. The fraction of sp³-hybridized carbons (Fsp3) is 0.194. The highest BCUT2D eigenvalue weighted by Gasteiger charge is 2.34. The Kier molecular flexibility index (Phi) is 6.22. The van der Waals surface area contributed by atoms with Gasteiger partial charge in [0.15, 0.2) is 0 Å². The number of hydrogen-bond donors (Lipinski definition) is 2. The minimum Gasteiger partial charge on any atom is -0.382 e. The van der Waals surface area contributed by atoms with Gasteiger partial charge in [-0.25, -0.2) is 15.0 Å². The Hall–Kier alpha value is -5.37. The molecular formula is C36H30N6O2. The number of amides is 2. The Balaban J connectivity index is 1.33. The first-order chi connectivity index (χ1) is 21.5. The van der Waals surface area contributed by atoms with E-state index in [0.717, 1.165) is 52.5 Å². The molecule has 0 bridgehead atoms. The lowest BCUT2D eigenvalue weighted by molar-refractivity contribution is 0.0879. The van der Waals surface area contributed by atoms with Gasteiger partial charge in [0, 0.05) is 34.5 Å². The van der Waals surface area contributed by atoms with E-state index in [-0.39, 0.29) is 5.91 Å². The number of benzene rings is 3. The first-order valence-corrected chi connectivity index (χ1v) is 15.2. The standard InChI is InChI=1S/C36H30N6O2/c37-33-32-31(25-12-11-23-14-16-27(39-28(23)20-25)22-9-5-2-6-10-22)40-34(42(32)18-17-38-33)29-24(19-21-7-3-1-4-8-21)13-15-26-30(29)36(44)41-35(26)43/h2,5-6,9-18,20-21H,1,3-4,7-8,19H2,(H2,37,38)(H,41,43,44). The highest BCUT2D eigenvalue weighted by molar-refractivity contribution is 6.24. The molecule has 8 nitrogen and oxygen atoms in total. The quantitative estimate of drug-likeness (QED) is 0.216. The van der Waals surface area contributed by atoms with Crippen molar-refractivity contribution < 1.29 is 9.59 Å². The van der Waals surface area contributed by atoms with Crippen molar-refractivity contribution >= 4 is 34.1 Å². The Morgan fingerprint density at radius 2 is 1.66 bits per heavy atom. The summed E-state index contributed by atoms with van der Waals surface area (Å²) < 4.78 is 1.91. The third-order valence-electron chi connectivity index (χ3n) is 9.07. The summed E-state index contributed by atoms with van der Waals surface area (Å²) in [4.78, 5) is 40.6. The molecule has 8 heteroatoms. The molecule has 6 aromatic rings. The van der Waals surface area contributed by atoms with Gasteiger partial charge in [-0.15, -0.1) is 0 Å². The number of fused-ring (bicyclic) bond motifs is 3. The van der Waals surface area contributed by atoms with Crippen LogP contribution in [0, 0.1) is 5.92 Å². The van der Waals surface area contributed by atoms with Crippen LogP contribution in [-0.4, -0.2) is 31.2 Å². The van der Waals surface area contributed by atoms with Crippen molar-refractivity contribution in [2.75, 3.05) is 5.73 Å². The van der Waals surface area contributed by atoms with Gasteiger partial charge in [0.1, 0.15) is 22.9 Å². The van der Waals surface area contributed by atoms with E-state index < -0.39 is 5.91 Å². The second kappa shape index (κ2) is 10.4. The van der Waals surface area contributed by atoms with Crippen LogP contribution in [-0.2, 0) is 6.42 Å². The first kappa shape index (κ1) is 26.3. The van der Waals surface area contributed by atoms with Crippen molar-refractivity contribution in [2.45, 2.75) is 38.5 Å². The lowest BCUT2D eigenvalue weighted by Gasteiger charge is -2.23. The number of nitrogens with two attached hydrogens (primary N) is 1. The zero-order chi connectivity index (χ0) is 29.8. The van der Waals surface area contributed by atoms with Crippen molar-refractivity contribution in [3.05, 3.63) is 102 Å². The predicted octanol–water partition coefficient (Wildman–Crippen LogP) is 6.87. The van der Waals surface area contributed by atoms with Gasteiger partial charge in [-0.3, -0.25) is 19.3 Å². The van der Waals surface area contributed by atoms with Gasteiger partial charge in [0.25, 0.3) is 11.8 Å². The topological polar surface area (TPSA) is 115 Å². The molecular weight excluding hydrogens is 548 g/mol. The molecule has 4 heterocycles. The molecule has 3 N–H and O–H groups in total. The van der Waals surface area contributed by atoms with Crippen LogP contribution in [0.25, 0.3) is 50.3 Å². The number of imide groups is 1. The number of carbonyl (C=O) groups is 2. The van der Waals surface area contributed by atoms with Gasteiger partial charge in [0.2, 0.25) is 0 Å². The van der Waals surface area contributed by atoms with Gasteiger partial charge in [-0.1, -0.05) is 86.7 Å². The second-order valence-corrected chi connectivity index (χ2v) is 11.8. The number of hydrogen-bond acceptors (Lipinski definition) is 6. The zero-order valence-electron chi connectivity index (χ0n) is 24.1. The summed E-state index contributed by atoms with van der Waals surface area (Å²) in [6.45, 7) is 0. The van der Waals surface area contributed by atoms with Gasteiger partial charge in [-0.05, 0) is 36.1 Å². The molecule has 44 heavy (non-hydrogen) atoms. The van der Waals surface area contributed by atoms with Crippen LogP contribution in [0.5, 0.6) is 0 Å². The van der Waals surface area contributed by atoms with Crippen LogP contribution < -0.4 is 11.1 Å². The third-order valence-corrected chi connectivity index (χ3v) is 9.07. The van der Waals surface area contributed by atoms with Crippen LogP contribution in [0.4, 0.5) is 5.82 Å². The van der Waals surface area contributed by atoms with Gasteiger partial charge >= 0.3 is 0 Å². The monoisotopic (exact) mass is 578 g/mol.